The summed E-state index contributed by atoms with van der Waals surface area (Å²) in [5.41, 5.74) is 0.976. The molecule has 20 heavy (non-hydrogen) atoms. The quantitative estimate of drug-likeness (QED) is 0.609. The molecule has 1 aliphatic carbocycles. The Balaban J connectivity index is 2.17. The number of ether oxygens (including phenoxy) is 1. The van der Waals surface area contributed by atoms with E-state index < -0.39 is 17.8 Å². The summed E-state index contributed by atoms with van der Waals surface area (Å²) in [4.78, 5) is 35.0. The van der Waals surface area contributed by atoms with Crippen LogP contribution in [-0.4, -0.2) is 24.6 Å². The van der Waals surface area contributed by atoms with Crippen LogP contribution >= 0.6 is 0 Å². The summed E-state index contributed by atoms with van der Waals surface area (Å²) < 4.78 is 4.88. The molecule has 1 aromatic carbocycles. The fraction of sp³-hybridized carbons (Fsp3) is 0.438. The van der Waals surface area contributed by atoms with Crippen molar-refractivity contribution in [3.63, 3.8) is 0 Å². The topological polar surface area (TPSA) is 60.4 Å². The first-order valence-electron chi connectivity index (χ1n) is 6.86. The Morgan fingerprint density at radius 2 is 2.05 bits per heavy atom. The third-order valence-electron chi connectivity index (χ3n) is 3.84. The smallest absolute Gasteiger partial charge is 0.306 e. The first-order valence-corrected chi connectivity index (χ1v) is 6.86. The van der Waals surface area contributed by atoms with Gasteiger partial charge >= 0.3 is 5.97 Å². The first-order chi connectivity index (χ1) is 9.67. The highest BCUT2D eigenvalue weighted by Crippen LogP contribution is 2.41. The zero-order valence-corrected chi connectivity index (χ0v) is 11.5. The zero-order chi connectivity index (χ0) is 14.5. The molecule has 0 unspecified atom stereocenters. The molecule has 3 atom stereocenters. The Bertz CT molecular complexity index is 494. The maximum absolute atomic E-state index is 12.1. The second-order valence-electron chi connectivity index (χ2n) is 5.02. The van der Waals surface area contributed by atoms with Crippen LogP contribution in [0.4, 0.5) is 0 Å². The minimum absolute atomic E-state index is 0.000582. The summed E-state index contributed by atoms with van der Waals surface area (Å²) in [6, 6.07) is 9.51. The number of carbonyl (C=O) groups excluding carboxylic acids is 3. The van der Waals surface area contributed by atoms with Gasteiger partial charge in [-0.1, -0.05) is 30.3 Å². The van der Waals surface area contributed by atoms with Crippen LogP contribution in [0.15, 0.2) is 30.3 Å². The molecule has 0 aromatic heterocycles. The van der Waals surface area contributed by atoms with E-state index in [0.29, 0.717) is 6.42 Å². The van der Waals surface area contributed by atoms with Gasteiger partial charge in [-0.2, -0.15) is 0 Å². The SMILES string of the molecule is CCOC(=O)C[C@@H]1C(=O)C[C@H](c2ccccc2)[C@H]1C=O. The molecule has 0 radical (unpaired) electrons. The van der Waals surface area contributed by atoms with Crippen LogP contribution in [0, 0.1) is 11.8 Å². The largest absolute Gasteiger partial charge is 0.466 e. The molecular weight excluding hydrogens is 256 g/mol. The number of hydrogen-bond acceptors (Lipinski definition) is 4. The van der Waals surface area contributed by atoms with Crippen LogP contribution in [0.5, 0.6) is 0 Å². The number of rotatable bonds is 5. The summed E-state index contributed by atoms with van der Waals surface area (Å²) in [6.07, 6.45) is 1.13. The molecule has 4 heteroatoms. The second kappa shape index (κ2) is 6.46. The van der Waals surface area contributed by atoms with Crippen molar-refractivity contribution in [2.24, 2.45) is 11.8 Å². The molecule has 4 nitrogen and oxygen atoms in total. The minimum atomic E-state index is -0.545. The van der Waals surface area contributed by atoms with E-state index in [-0.39, 0.29) is 24.7 Å². The van der Waals surface area contributed by atoms with Gasteiger partial charge in [-0.05, 0) is 12.5 Å². The lowest BCUT2D eigenvalue weighted by molar-refractivity contribution is -0.146. The van der Waals surface area contributed by atoms with Crippen molar-refractivity contribution in [2.45, 2.75) is 25.7 Å². The molecule has 106 valence electrons. The maximum Gasteiger partial charge on any atom is 0.306 e. The van der Waals surface area contributed by atoms with Crippen molar-refractivity contribution < 1.29 is 19.1 Å². The molecule has 0 aliphatic heterocycles. The van der Waals surface area contributed by atoms with Crippen LogP contribution in [0.25, 0.3) is 0 Å². The lowest BCUT2D eigenvalue weighted by Crippen LogP contribution is -2.22. The average molecular weight is 274 g/mol. The van der Waals surface area contributed by atoms with Crippen molar-refractivity contribution >= 4 is 18.0 Å². The van der Waals surface area contributed by atoms with Crippen molar-refractivity contribution in [3.8, 4) is 0 Å². The Kier molecular flexibility index (Phi) is 4.66. The van der Waals surface area contributed by atoms with Gasteiger partial charge in [0, 0.05) is 24.2 Å². The zero-order valence-electron chi connectivity index (χ0n) is 11.5. The Morgan fingerprint density at radius 1 is 1.35 bits per heavy atom. The number of esters is 1. The van der Waals surface area contributed by atoms with Gasteiger partial charge in [0.15, 0.2) is 0 Å². The molecule has 1 aromatic rings. The number of Topliss-reactive ketones (excluding diaryl/α,β-unsaturated/α-hetero) is 1. The third kappa shape index (κ3) is 2.95. The molecule has 0 spiro atoms. The standard InChI is InChI=1S/C16H18O4/c1-2-20-16(19)9-13-14(10-17)12(8-15(13)18)11-6-4-3-5-7-11/h3-7,10,12-14H,2,8-9H2,1H3/t12-,13+,14-/m1/s1. The van der Waals surface area contributed by atoms with Gasteiger partial charge in [-0.15, -0.1) is 0 Å². The van der Waals surface area contributed by atoms with Gasteiger partial charge in [-0.3, -0.25) is 9.59 Å². The predicted molar refractivity (Wildman–Crippen MR) is 73.1 cm³/mol. The number of aldehydes is 1. The van der Waals surface area contributed by atoms with E-state index >= 15 is 0 Å². The summed E-state index contributed by atoms with van der Waals surface area (Å²) in [7, 11) is 0. The van der Waals surface area contributed by atoms with E-state index in [0.717, 1.165) is 11.8 Å². The molecule has 1 saturated carbocycles. The van der Waals surface area contributed by atoms with Gasteiger partial charge in [0.1, 0.15) is 12.1 Å². The lowest BCUT2D eigenvalue weighted by atomic mass is 9.84. The van der Waals surface area contributed by atoms with E-state index in [9.17, 15) is 14.4 Å². The van der Waals surface area contributed by atoms with Gasteiger partial charge in [-0.25, -0.2) is 0 Å². The van der Waals surface area contributed by atoms with E-state index in [4.69, 9.17) is 4.74 Å². The molecule has 1 aliphatic rings. The Hall–Kier alpha value is -1.97. The van der Waals surface area contributed by atoms with Gasteiger partial charge < -0.3 is 9.53 Å². The molecule has 0 bridgehead atoms. The van der Waals surface area contributed by atoms with Crippen LogP contribution in [0.3, 0.4) is 0 Å². The van der Waals surface area contributed by atoms with E-state index in [1.54, 1.807) is 6.92 Å². The Morgan fingerprint density at radius 3 is 2.65 bits per heavy atom. The molecule has 0 N–H and O–H groups in total. The molecular formula is C16H18O4. The predicted octanol–water partition coefficient (Wildman–Crippen LogP) is 2.13. The number of carbonyl (C=O) groups is 3. The third-order valence-corrected chi connectivity index (χ3v) is 3.84. The van der Waals surface area contributed by atoms with Crippen LogP contribution in [-0.2, 0) is 19.1 Å². The van der Waals surface area contributed by atoms with Crippen molar-refractivity contribution in [3.05, 3.63) is 35.9 Å². The maximum atomic E-state index is 12.1. The van der Waals surface area contributed by atoms with Gasteiger partial charge in [0.05, 0.1) is 13.0 Å². The van der Waals surface area contributed by atoms with Gasteiger partial charge in [0.25, 0.3) is 0 Å². The average Bonchev–Trinajstić information content (AvgIpc) is 2.76. The minimum Gasteiger partial charge on any atom is -0.466 e. The van der Waals surface area contributed by atoms with Crippen LogP contribution in [0.1, 0.15) is 31.2 Å². The number of ketones is 1. The monoisotopic (exact) mass is 274 g/mol. The second-order valence-corrected chi connectivity index (χ2v) is 5.02. The highest BCUT2D eigenvalue weighted by atomic mass is 16.5. The van der Waals surface area contributed by atoms with Crippen molar-refractivity contribution in [1.29, 1.82) is 0 Å². The Labute approximate surface area is 118 Å². The summed E-state index contributed by atoms with van der Waals surface area (Å²) in [5.74, 6) is -1.54. The number of hydrogen-bond donors (Lipinski definition) is 0. The fourth-order valence-electron chi connectivity index (χ4n) is 2.88. The van der Waals surface area contributed by atoms with Crippen LogP contribution in [0.2, 0.25) is 0 Å². The molecule has 2 rings (SSSR count). The summed E-state index contributed by atoms with van der Waals surface area (Å²) in [5, 5.41) is 0. The first kappa shape index (κ1) is 14.4. The molecule has 1 fully saturated rings. The highest BCUT2D eigenvalue weighted by molar-refractivity contribution is 5.91. The molecule has 0 amide bonds. The van der Waals surface area contributed by atoms with E-state index in [1.165, 1.54) is 0 Å². The highest BCUT2D eigenvalue weighted by Gasteiger charge is 2.43. The molecule has 0 saturated heterocycles. The van der Waals surface area contributed by atoms with Crippen molar-refractivity contribution in [1.82, 2.24) is 0 Å². The summed E-state index contributed by atoms with van der Waals surface area (Å²) >= 11 is 0. The van der Waals surface area contributed by atoms with Gasteiger partial charge in [0.2, 0.25) is 0 Å². The fourth-order valence-corrected chi connectivity index (χ4v) is 2.88. The van der Waals surface area contributed by atoms with E-state index in [2.05, 4.69) is 0 Å². The van der Waals surface area contributed by atoms with Crippen molar-refractivity contribution in [2.75, 3.05) is 6.61 Å². The molecule has 0 heterocycles. The lowest BCUT2D eigenvalue weighted by Gasteiger charge is -2.18. The number of benzene rings is 1. The van der Waals surface area contributed by atoms with Crippen LogP contribution < -0.4 is 0 Å². The van der Waals surface area contributed by atoms with E-state index in [1.807, 2.05) is 30.3 Å². The summed E-state index contributed by atoms with van der Waals surface area (Å²) in [6.45, 7) is 2.01. The normalized spacial score (nSPS) is 25.4.